The van der Waals surface area contributed by atoms with Crippen molar-refractivity contribution in [1.82, 2.24) is 9.88 Å². The fraction of sp³-hybridized carbons (Fsp3) is 0.316. The van der Waals surface area contributed by atoms with Gasteiger partial charge < -0.3 is 4.74 Å². The summed E-state index contributed by atoms with van der Waals surface area (Å²) >= 11 is 1.00. The predicted octanol–water partition coefficient (Wildman–Crippen LogP) is 2.89. The molecule has 0 bridgehead atoms. The normalized spacial score (nSPS) is 12.9. The number of thiazole rings is 1. The number of hydrogen-bond donors (Lipinski definition) is 1. The van der Waals surface area contributed by atoms with Crippen LogP contribution in [0.3, 0.4) is 0 Å². The number of benzene rings is 1. The van der Waals surface area contributed by atoms with Crippen molar-refractivity contribution in [3.8, 4) is 0 Å². The zero-order valence-electron chi connectivity index (χ0n) is 15.7. The molecule has 0 fully saturated rings. The van der Waals surface area contributed by atoms with E-state index in [1.54, 1.807) is 6.92 Å². The summed E-state index contributed by atoms with van der Waals surface area (Å²) in [6, 6.07) is 4.40. The van der Waals surface area contributed by atoms with Crippen LogP contribution in [0.5, 0.6) is 0 Å². The largest absolute Gasteiger partial charge is 0.465 e. The Balaban J connectivity index is 1.80. The lowest BCUT2D eigenvalue weighted by atomic mass is 10.1. The Morgan fingerprint density at radius 1 is 1.21 bits per heavy atom. The van der Waals surface area contributed by atoms with Crippen LogP contribution < -0.4 is 5.32 Å². The molecule has 1 N–H and O–H groups in total. The monoisotopic (exact) mass is 401 g/mol. The number of rotatable bonds is 6. The van der Waals surface area contributed by atoms with E-state index in [1.165, 1.54) is 30.2 Å². The fourth-order valence-corrected chi connectivity index (χ4v) is 3.73. The Morgan fingerprint density at radius 3 is 2.61 bits per heavy atom. The molecule has 0 saturated carbocycles. The molecule has 0 radical (unpaired) electrons. The molecular formula is C19H19N3O5S. The van der Waals surface area contributed by atoms with E-state index in [1.807, 2.05) is 6.92 Å². The molecule has 28 heavy (non-hydrogen) atoms. The zero-order valence-corrected chi connectivity index (χ0v) is 16.5. The van der Waals surface area contributed by atoms with Crippen LogP contribution in [0.15, 0.2) is 18.2 Å². The highest BCUT2D eigenvalue weighted by atomic mass is 32.1. The van der Waals surface area contributed by atoms with Crippen LogP contribution in [0.4, 0.5) is 5.13 Å². The number of methoxy groups -OCH3 is 1. The molecule has 0 saturated heterocycles. The number of ether oxygens (including phenoxy) is 1. The van der Waals surface area contributed by atoms with Crippen LogP contribution in [0, 0.1) is 6.92 Å². The van der Waals surface area contributed by atoms with E-state index in [2.05, 4.69) is 15.0 Å². The highest BCUT2D eigenvalue weighted by Gasteiger charge is 2.35. The first kappa shape index (κ1) is 19.7. The van der Waals surface area contributed by atoms with E-state index in [-0.39, 0.29) is 28.1 Å². The van der Waals surface area contributed by atoms with Crippen molar-refractivity contribution >= 4 is 40.2 Å². The summed E-state index contributed by atoms with van der Waals surface area (Å²) in [5.74, 6) is -1.73. The van der Waals surface area contributed by atoms with Gasteiger partial charge in [-0.25, -0.2) is 9.78 Å². The van der Waals surface area contributed by atoms with Gasteiger partial charge in [0.1, 0.15) is 4.88 Å². The molecule has 2 heterocycles. The van der Waals surface area contributed by atoms with Crippen molar-refractivity contribution in [1.29, 1.82) is 0 Å². The van der Waals surface area contributed by atoms with Crippen LogP contribution in [0.2, 0.25) is 0 Å². The molecule has 1 aliphatic heterocycles. The standard InChI is InChI=1S/C19H19N3O5S/c1-4-5-8-22-16(24)12-7-6-11(9-13(12)17(22)25)15(23)21-19-20-10(2)14(28-19)18(26)27-3/h6-7,9H,4-5,8H2,1-3H3,(H,20,21,23). The third-order valence-electron chi connectivity index (χ3n) is 4.36. The van der Waals surface area contributed by atoms with Gasteiger partial charge >= 0.3 is 5.97 Å². The van der Waals surface area contributed by atoms with Crippen LogP contribution >= 0.6 is 11.3 Å². The summed E-state index contributed by atoms with van der Waals surface area (Å²) in [6.45, 7) is 3.98. The van der Waals surface area contributed by atoms with Crippen LogP contribution in [0.1, 0.15) is 66.2 Å². The minimum atomic E-state index is -0.524. The smallest absolute Gasteiger partial charge is 0.350 e. The minimum absolute atomic E-state index is 0.222. The first-order valence-electron chi connectivity index (χ1n) is 8.74. The second kappa shape index (κ2) is 7.89. The molecule has 1 aromatic carbocycles. The van der Waals surface area contributed by atoms with E-state index < -0.39 is 11.9 Å². The number of anilines is 1. The molecule has 146 valence electrons. The first-order chi connectivity index (χ1) is 13.4. The number of amides is 3. The molecule has 0 atom stereocenters. The molecule has 2 aromatic rings. The fourth-order valence-electron chi connectivity index (χ4n) is 2.85. The maximum atomic E-state index is 12.5. The van der Waals surface area contributed by atoms with Crippen molar-refractivity contribution in [3.05, 3.63) is 45.5 Å². The van der Waals surface area contributed by atoms with Crippen molar-refractivity contribution < 1.29 is 23.9 Å². The van der Waals surface area contributed by atoms with Crippen molar-refractivity contribution in [2.75, 3.05) is 19.0 Å². The molecule has 3 rings (SSSR count). The second-order valence-electron chi connectivity index (χ2n) is 6.26. The van der Waals surface area contributed by atoms with Crippen molar-refractivity contribution in [2.45, 2.75) is 26.7 Å². The Hall–Kier alpha value is -3.07. The number of aryl methyl sites for hydroxylation is 1. The number of imide groups is 1. The Bertz CT molecular complexity index is 982. The van der Waals surface area contributed by atoms with Crippen LogP contribution in [-0.4, -0.2) is 47.2 Å². The average molecular weight is 401 g/mol. The summed E-state index contributed by atoms with van der Waals surface area (Å²) in [7, 11) is 1.27. The highest BCUT2D eigenvalue weighted by molar-refractivity contribution is 7.17. The number of esters is 1. The van der Waals surface area contributed by atoms with Gasteiger partial charge in [0.05, 0.1) is 23.9 Å². The molecule has 3 amide bonds. The van der Waals surface area contributed by atoms with E-state index in [4.69, 9.17) is 0 Å². The number of carbonyl (C=O) groups is 4. The topological polar surface area (TPSA) is 106 Å². The lowest BCUT2D eigenvalue weighted by molar-refractivity contribution is 0.0602. The van der Waals surface area contributed by atoms with E-state index in [9.17, 15) is 19.2 Å². The Morgan fingerprint density at radius 2 is 1.93 bits per heavy atom. The van der Waals surface area contributed by atoms with E-state index in [0.29, 0.717) is 22.7 Å². The van der Waals surface area contributed by atoms with Gasteiger partial charge in [0, 0.05) is 12.1 Å². The summed E-state index contributed by atoms with van der Waals surface area (Å²) in [6.07, 6.45) is 1.59. The SMILES string of the molecule is CCCCN1C(=O)c2ccc(C(=O)Nc3nc(C)c(C(=O)OC)s3)cc2C1=O. The maximum absolute atomic E-state index is 12.5. The molecule has 0 aliphatic carbocycles. The number of aromatic nitrogens is 1. The van der Waals surface area contributed by atoms with Gasteiger partial charge in [-0.05, 0) is 31.5 Å². The molecule has 8 nitrogen and oxygen atoms in total. The molecule has 0 unspecified atom stereocenters. The Labute approximate surface area is 165 Å². The van der Waals surface area contributed by atoms with Crippen molar-refractivity contribution in [2.24, 2.45) is 0 Å². The number of carbonyl (C=O) groups excluding carboxylic acids is 4. The molecule has 9 heteroatoms. The molecule has 1 aromatic heterocycles. The van der Waals surface area contributed by atoms with Gasteiger partial charge in [-0.2, -0.15) is 0 Å². The average Bonchev–Trinajstić information content (AvgIpc) is 3.16. The van der Waals surface area contributed by atoms with E-state index >= 15 is 0 Å². The quantitative estimate of drug-likeness (QED) is 0.589. The van der Waals surface area contributed by atoms with Gasteiger partial charge in [-0.15, -0.1) is 0 Å². The van der Waals surface area contributed by atoms with Crippen LogP contribution in [0.25, 0.3) is 0 Å². The lowest BCUT2D eigenvalue weighted by Crippen LogP contribution is -2.30. The number of unbranched alkanes of at least 4 members (excludes halogenated alkanes) is 1. The van der Waals surface area contributed by atoms with Gasteiger partial charge in [0.2, 0.25) is 0 Å². The Kier molecular flexibility index (Phi) is 5.55. The predicted molar refractivity (Wildman–Crippen MR) is 103 cm³/mol. The van der Waals surface area contributed by atoms with Gasteiger partial charge in [-0.1, -0.05) is 24.7 Å². The van der Waals surface area contributed by atoms with Gasteiger partial charge in [0.25, 0.3) is 17.7 Å². The van der Waals surface area contributed by atoms with Gasteiger partial charge in [0.15, 0.2) is 5.13 Å². The first-order valence-corrected chi connectivity index (χ1v) is 9.56. The van der Waals surface area contributed by atoms with Crippen LogP contribution in [-0.2, 0) is 4.74 Å². The summed E-state index contributed by atoms with van der Waals surface area (Å²) in [5, 5.41) is 2.86. The van der Waals surface area contributed by atoms with E-state index in [0.717, 1.165) is 24.2 Å². The number of nitrogens with one attached hydrogen (secondary N) is 1. The second-order valence-corrected chi connectivity index (χ2v) is 7.25. The number of nitrogens with zero attached hydrogens (tertiary/aromatic N) is 2. The third kappa shape index (κ3) is 3.53. The summed E-state index contributed by atoms with van der Waals surface area (Å²) < 4.78 is 4.67. The summed E-state index contributed by atoms with van der Waals surface area (Å²) in [5.41, 5.74) is 1.20. The number of fused-ring (bicyclic) bond motifs is 1. The minimum Gasteiger partial charge on any atom is -0.465 e. The summed E-state index contributed by atoms with van der Waals surface area (Å²) in [4.78, 5) is 54.8. The molecule has 1 aliphatic rings. The molecule has 0 spiro atoms. The van der Waals surface area contributed by atoms with Crippen molar-refractivity contribution in [3.63, 3.8) is 0 Å². The number of hydrogen-bond acceptors (Lipinski definition) is 7. The zero-order chi connectivity index (χ0) is 20.4. The third-order valence-corrected chi connectivity index (χ3v) is 5.41. The lowest BCUT2D eigenvalue weighted by Gasteiger charge is -2.12. The highest BCUT2D eigenvalue weighted by Crippen LogP contribution is 2.26. The maximum Gasteiger partial charge on any atom is 0.350 e. The van der Waals surface area contributed by atoms with Gasteiger partial charge in [-0.3, -0.25) is 24.6 Å². The molecular weight excluding hydrogens is 382 g/mol.